The van der Waals surface area contributed by atoms with E-state index in [2.05, 4.69) is 46.5 Å². The van der Waals surface area contributed by atoms with Crippen molar-refractivity contribution in [2.75, 3.05) is 0 Å². The molecule has 0 aromatic heterocycles. The van der Waals surface area contributed by atoms with Crippen molar-refractivity contribution in [3.8, 4) is 11.8 Å². The molecule has 0 rings (SSSR count). The van der Waals surface area contributed by atoms with Crippen LogP contribution in [-0.2, 0) is 0 Å². The Morgan fingerprint density at radius 2 is 1.45 bits per heavy atom. The summed E-state index contributed by atoms with van der Waals surface area (Å²) in [6, 6.07) is 0. The summed E-state index contributed by atoms with van der Waals surface area (Å²) < 4.78 is 0. The Morgan fingerprint density at radius 1 is 0.909 bits per heavy atom. The highest BCUT2D eigenvalue weighted by Gasteiger charge is 2.00. The Kier molecular flexibility index (Phi) is 5.03. The van der Waals surface area contributed by atoms with Crippen LogP contribution in [0.5, 0.6) is 0 Å². The lowest BCUT2D eigenvalue weighted by atomic mass is 9.99. The van der Waals surface area contributed by atoms with Crippen LogP contribution in [0.25, 0.3) is 0 Å². The van der Waals surface area contributed by atoms with Crippen molar-refractivity contribution in [2.45, 2.75) is 41.0 Å². The van der Waals surface area contributed by atoms with E-state index in [1.165, 1.54) is 6.42 Å². The van der Waals surface area contributed by atoms with Gasteiger partial charge in [0.05, 0.1) is 0 Å². The fourth-order valence-corrected chi connectivity index (χ4v) is 1.07. The van der Waals surface area contributed by atoms with Gasteiger partial charge in [0.2, 0.25) is 0 Å². The summed E-state index contributed by atoms with van der Waals surface area (Å²) in [5.41, 5.74) is 0. The van der Waals surface area contributed by atoms with Crippen LogP contribution in [0, 0.1) is 29.6 Å². The first-order chi connectivity index (χ1) is 5.02. The first-order valence-corrected chi connectivity index (χ1v) is 4.53. The fourth-order valence-electron chi connectivity index (χ4n) is 1.07. The van der Waals surface area contributed by atoms with E-state index in [-0.39, 0.29) is 0 Å². The molecule has 0 amide bonds. The average Bonchev–Trinajstić information content (AvgIpc) is 1.82. The first-order valence-electron chi connectivity index (χ1n) is 4.53. The van der Waals surface area contributed by atoms with E-state index in [1.807, 2.05) is 0 Å². The largest absolute Gasteiger partial charge is 0.100 e. The van der Waals surface area contributed by atoms with Crippen LogP contribution in [-0.4, -0.2) is 0 Å². The molecule has 64 valence electrons. The summed E-state index contributed by atoms with van der Waals surface area (Å²) >= 11 is 0. The molecule has 0 saturated heterocycles. The average molecular weight is 152 g/mol. The summed E-state index contributed by atoms with van der Waals surface area (Å²) in [5.74, 6) is 8.32. The van der Waals surface area contributed by atoms with Crippen molar-refractivity contribution in [3.63, 3.8) is 0 Å². The van der Waals surface area contributed by atoms with Crippen molar-refractivity contribution in [3.05, 3.63) is 0 Å². The van der Waals surface area contributed by atoms with Crippen LogP contribution in [0.15, 0.2) is 0 Å². The minimum absolute atomic E-state index is 0.518. The maximum atomic E-state index is 3.26. The molecule has 11 heavy (non-hydrogen) atoms. The van der Waals surface area contributed by atoms with Gasteiger partial charge in [0.1, 0.15) is 0 Å². The molecule has 1 atom stereocenters. The number of hydrogen-bond donors (Lipinski definition) is 0. The highest BCUT2D eigenvalue weighted by Crippen LogP contribution is 2.09. The maximum Gasteiger partial charge on any atom is 0.0177 e. The van der Waals surface area contributed by atoms with Gasteiger partial charge in [-0.25, -0.2) is 0 Å². The Labute approximate surface area is 71.4 Å². The third-order valence-electron chi connectivity index (χ3n) is 1.44. The van der Waals surface area contributed by atoms with Gasteiger partial charge in [-0.1, -0.05) is 40.5 Å². The van der Waals surface area contributed by atoms with Crippen molar-refractivity contribution < 1.29 is 0 Å². The second kappa shape index (κ2) is 5.24. The third-order valence-corrected chi connectivity index (χ3v) is 1.44. The fraction of sp³-hybridized carbons (Fsp3) is 0.818. The monoisotopic (exact) mass is 152 g/mol. The standard InChI is InChI=1S/C11H20/c1-9(2)6-7-11(5)8-10(3)4/h9-11H,8H2,1-5H3. The highest BCUT2D eigenvalue weighted by molar-refractivity contribution is 5.04. The van der Waals surface area contributed by atoms with Gasteiger partial charge >= 0.3 is 0 Å². The van der Waals surface area contributed by atoms with Crippen LogP contribution in [0.3, 0.4) is 0 Å². The Hall–Kier alpha value is -0.440. The molecule has 0 saturated carbocycles. The van der Waals surface area contributed by atoms with Gasteiger partial charge in [0, 0.05) is 11.8 Å². The zero-order valence-corrected chi connectivity index (χ0v) is 8.44. The molecule has 0 heterocycles. The minimum Gasteiger partial charge on any atom is -0.100 e. The number of hydrogen-bond acceptors (Lipinski definition) is 0. The van der Waals surface area contributed by atoms with Gasteiger partial charge in [-0.15, -0.1) is 5.92 Å². The number of rotatable bonds is 2. The van der Waals surface area contributed by atoms with Crippen LogP contribution in [0.4, 0.5) is 0 Å². The molecule has 0 radical (unpaired) electrons. The zero-order valence-electron chi connectivity index (χ0n) is 8.44. The molecule has 0 spiro atoms. The van der Waals surface area contributed by atoms with Crippen LogP contribution < -0.4 is 0 Å². The van der Waals surface area contributed by atoms with Gasteiger partial charge in [0.25, 0.3) is 0 Å². The Balaban J connectivity index is 3.70. The van der Waals surface area contributed by atoms with Crippen molar-refractivity contribution in [1.82, 2.24) is 0 Å². The highest BCUT2D eigenvalue weighted by atomic mass is 14.0. The topological polar surface area (TPSA) is 0 Å². The maximum absolute atomic E-state index is 3.26. The molecule has 0 aromatic rings. The Morgan fingerprint density at radius 3 is 1.82 bits per heavy atom. The van der Waals surface area contributed by atoms with Gasteiger partial charge in [-0.3, -0.25) is 0 Å². The predicted molar refractivity (Wildman–Crippen MR) is 51.2 cm³/mol. The molecule has 0 aliphatic carbocycles. The van der Waals surface area contributed by atoms with E-state index in [0.29, 0.717) is 11.8 Å². The molecule has 0 N–H and O–H groups in total. The van der Waals surface area contributed by atoms with E-state index >= 15 is 0 Å². The summed E-state index contributed by atoms with van der Waals surface area (Å²) in [7, 11) is 0. The van der Waals surface area contributed by atoms with E-state index in [4.69, 9.17) is 0 Å². The zero-order chi connectivity index (χ0) is 8.85. The molecule has 0 aliphatic heterocycles. The molecule has 0 heteroatoms. The van der Waals surface area contributed by atoms with Gasteiger partial charge in [-0.2, -0.15) is 0 Å². The SMILES string of the molecule is CC(C)C#CC(C)CC(C)C. The summed E-state index contributed by atoms with van der Waals surface area (Å²) in [5, 5.41) is 0. The third kappa shape index (κ3) is 7.46. The van der Waals surface area contributed by atoms with Crippen LogP contribution in [0.2, 0.25) is 0 Å². The molecule has 0 nitrogen and oxygen atoms in total. The lowest BCUT2D eigenvalue weighted by molar-refractivity contribution is 0.513. The van der Waals surface area contributed by atoms with Crippen LogP contribution in [0.1, 0.15) is 41.0 Å². The van der Waals surface area contributed by atoms with E-state index in [9.17, 15) is 0 Å². The second-order valence-corrected chi connectivity index (χ2v) is 3.97. The molecule has 1 unspecified atom stereocenters. The second-order valence-electron chi connectivity index (χ2n) is 3.97. The quantitative estimate of drug-likeness (QED) is 0.532. The van der Waals surface area contributed by atoms with Crippen LogP contribution >= 0.6 is 0 Å². The summed E-state index contributed by atoms with van der Waals surface area (Å²) in [6.45, 7) is 11.0. The van der Waals surface area contributed by atoms with Gasteiger partial charge in [-0.05, 0) is 12.3 Å². The van der Waals surface area contributed by atoms with Crippen molar-refractivity contribution in [2.24, 2.45) is 17.8 Å². The molecule has 0 bridgehead atoms. The van der Waals surface area contributed by atoms with E-state index < -0.39 is 0 Å². The smallest absolute Gasteiger partial charge is 0.0177 e. The predicted octanol–water partition coefficient (Wildman–Crippen LogP) is 3.33. The Bertz CT molecular complexity index is 143. The molecule has 0 aromatic carbocycles. The van der Waals surface area contributed by atoms with Gasteiger partial charge < -0.3 is 0 Å². The first kappa shape index (κ1) is 10.6. The van der Waals surface area contributed by atoms with Gasteiger partial charge in [0.15, 0.2) is 0 Å². The molecule has 0 aliphatic rings. The molecular formula is C11H20. The molecular weight excluding hydrogens is 132 g/mol. The van der Waals surface area contributed by atoms with Crippen molar-refractivity contribution >= 4 is 0 Å². The lowest BCUT2D eigenvalue weighted by Crippen LogP contribution is -1.97. The van der Waals surface area contributed by atoms with E-state index in [0.717, 1.165) is 5.92 Å². The van der Waals surface area contributed by atoms with E-state index in [1.54, 1.807) is 0 Å². The minimum atomic E-state index is 0.518. The molecule has 0 fully saturated rings. The summed E-state index contributed by atoms with van der Waals surface area (Å²) in [4.78, 5) is 0. The normalized spacial score (nSPS) is 13.0. The summed E-state index contributed by atoms with van der Waals surface area (Å²) in [6.07, 6.45) is 1.22. The lowest BCUT2D eigenvalue weighted by Gasteiger charge is -2.06. The van der Waals surface area contributed by atoms with Crippen molar-refractivity contribution in [1.29, 1.82) is 0 Å².